The van der Waals surface area contributed by atoms with Crippen LogP contribution in [0.15, 0.2) is 6.33 Å². The van der Waals surface area contributed by atoms with Crippen molar-refractivity contribution in [2.24, 2.45) is 11.1 Å². The van der Waals surface area contributed by atoms with Gasteiger partial charge >= 0.3 is 0 Å². The number of rotatable bonds is 3. The molecule has 1 rings (SSSR count). The standard InChI is InChI=1S/C10H19N5O/c1-6(8-12-5-13-15-8)14-9(16)7(11)10(2,3)4/h5-7H,11H2,1-4H3,(H,14,16)(H,12,13,15). The summed E-state index contributed by atoms with van der Waals surface area (Å²) >= 11 is 0. The molecule has 0 bridgehead atoms. The van der Waals surface area contributed by atoms with Crippen molar-refractivity contribution in [3.63, 3.8) is 0 Å². The number of carbonyl (C=O) groups excluding carboxylic acids is 1. The van der Waals surface area contributed by atoms with E-state index in [-0.39, 0.29) is 17.4 Å². The van der Waals surface area contributed by atoms with E-state index in [4.69, 9.17) is 5.73 Å². The average Bonchev–Trinajstić information content (AvgIpc) is 2.67. The van der Waals surface area contributed by atoms with Gasteiger partial charge < -0.3 is 11.1 Å². The molecule has 0 aliphatic carbocycles. The molecule has 1 heterocycles. The second kappa shape index (κ2) is 4.61. The Labute approximate surface area is 95.0 Å². The van der Waals surface area contributed by atoms with Gasteiger partial charge in [0.15, 0.2) is 0 Å². The van der Waals surface area contributed by atoms with Crippen molar-refractivity contribution in [2.45, 2.75) is 39.8 Å². The van der Waals surface area contributed by atoms with Gasteiger partial charge in [0.2, 0.25) is 5.91 Å². The smallest absolute Gasteiger partial charge is 0.238 e. The lowest BCUT2D eigenvalue weighted by molar-refractivity contribution is -0.125. The fourth-order valence-electron chi connectivity index (χ4n) is 1.19. The lowest BCUT2D eigenvalue weighted by atomic mass is 9.87. The van der Waals surface area contributed by atoms with Gasteiger partial charge in [-0.2, -0.15) is 5.10 Å². The summed E-state index contributed by atoms with van der Waals surface area (Å²) in [6, 6.07) is -0.763. The van der Waals surface area contributed by atoms with Crippen LogP contribution < -0.4 is 11.1 Å². The predicted octanol–water partition coefficient (Wildman–Crippen LogP) is 0.355. The average molecular weight is 225 g/mol. The summed E-state index contributed by atoms with van der Waals surface area (Å²) < 4.78 is 0. The van der Waals surface area contributed by atoms with Gasteiger partial charge in [0.05, 0.1) is 12.1 Å². The van der Waals surface area contributed by atoms with Crippen LogP contribution in [0.25, 0.3) is 0 Å². The van der Waals surface area contributed by atoms with Crippen molar-refractivity contribution in [3.8, 4) is 0 Å². The van der Waals surface area contributed by atoms with Gasteiger partial charge in [-0.15, -0.1) is 0 Å². The summed E-state index contributed by atoms with van der Waals surface area (Å²) in [6.45, 7) is 7.61. The number of nitrogens with one attached hydrogen (secondary N) is 2. The summed E-state index contributed by atoms with van der Waals surface area (Å²) in [5.41, 5.74) is 5.58. The van der Waals surface area contributed by atoms with Crippen LogP contribution in [0.3, 0.4) is 0 Å². The van der Waals surface area contributed by atoms with E-state index in [9.17, 15) is 4.79 Å². The van der Waals surface area contributed by atoms with Crippen molar-refractivity contribution >= 4 is 5.91 Å². The highest BCUT2D eigenvalue weighted by molar-refractivity contribution is 5.82. The number of aromatic nitrogens is 3. The fraction of sp³-hybridized carbons (Fsp3) is 0.700. The van der Waals surface area contributed by atoms with Crippen LogP contribution >= 0.6 is 0 Å². The summed E-state index contributed by atoms with van der Waals surface area (Å²) in [7, 11) is 0. The van der Waals surface area contributed by atoms with Crippen LogP contribution in [0, 0.1) is 5.41 Å². The predicted molar refractivity (Wildman–Crippen MR) is 60.4 cm³/mol. The first-order chi connectivity index (χ1) is 7.32. The Balaban J connectivity index is 2.59. The summed E-state index contributed by atoms with van der Waals surface area (Å²) in [6.07, 6.45) is 1.40. The quantitative estimate of drug-likeness (QED) is 0.691. The summed E-state index contributed by atoms with van der Waals surface area (Å²) in [5, 5.41) is 9.22. The van der Waals surface area contributed by atoms with Crippen molar-refractivity contribution in [1.29, 1.82) is 0 Å². The fourth-order valence-corrected chi connectivity index (χ4v) is 1.19. The first kappa shape index (κ1) is 12.6. The highest BCUT2D eigenvalue weighted by Crippen LogP contribution is 2.18. The van der Waals surface area contributed by atoms with E-state index in [1.54, 1.807) is 0 Å². The molecule has 0 aliphatic heterocycles. The molecule has 0 radical (unpaired) electrons. The van der Waals surface area contributed by atoms with E-state index in [1.165, 1.54) is 6.33 Å². The molecule has 0 spiro atoms. The minimum atomic E-state index is -0.544. The molecule has 0 saturated heterocycles. The molecule has 1 aromatic rings. The van der Waals surface area contributed by atoms with Crippen LogP contribution in [0.4, 0.5) is 0 Å². The molecule has 6 nitrogen and oxygen atoms in total. The van der Waals surface area contributed by atoms with E-state index < -0.39 is 6.04 Å². The number of hydrogen-bond acceptors (Lipinski definition) is 4. The zero-order valence-electron chi connectivity index (χ0n) is 10.1. The molecular weight excluding hydrogens is 206 g/mol. The third-order valence-electron chi connectivity index (χ3n) is 2.42. The third kappa shape index (κ3) is 3.03. The lowest BCUT2D eigenvalue weighted by Gasteiger charge is -2.26. The Morgan fingerprint density at radius 3 is 2.62 bits per heavy atom. The molecule has 2 atom stereocenters. The van der Waals surface area contributed by atoms with E-state index in [0.717, 1.165) is 0 Å². The Bertz CT molecular complexity index is 341. The molecule has 2 unspecified atom stereocenters. The molecule has 6 heteroatoms. The van der Waals surface area contributed by atoms with Crippen molar-refractivity contribution in [3.05, 3.63) is 12.2 Å². The molecule has 0 aliphatic rings. The topological polar surface area (TPSA) is 96.7 Å². The number of amides is 1. The number of hydrogen-bond donors (Lipinski definition) is 3. The molecule has 0 aromatic carbocycles. The maximum atomic E-state index is 11.8. The van der Waals surface area contributed by atoms with E-state index in [1.807, 2.05) is 27.7 Å². The minimum Gasteiger partial charge on any atom is -0.345 e. The van der Waals surface area contributed by atoms with E-state index in [0.29, 0.717) is 5.82 Å². The Morgan fingerprint density at radius 1 is 1.56 bits per heavy atom. The molecule has 16 heavy (non-hydrogen) atoms. The van der Waals surface area contributed by atoms with Crippen molar-refractivity contribution < 1.29 is 4.79 Å². The number of carbonyl (C=O) groups is 1. The van der Waals surface area contributed by atoms with Crippen LogP contribution in [0.2, 0.25) is 0 Å². The normalized spacial score (nSPS) is 15.6. The van der Waals surface area contributed by atoms with E-state index >= 15 is 0 Å². The van der Waals surface area contributed by atoms with Gasteiger partial charge in [-0.1, -0.05) is 20.8 Å². The molecule has 0 fully saturated rings. The maximum absolute atomic E-state index is 11.8. The summed E-state index contributed by atoms with van der Waals surface area (Å²) in [5.74, 6) is 0.436. The van der Waals surface area contributed by atoms with Crippen molar-refractivity contribution in [2.75, 3.05) is 0 Å². The number of nitrogens with zero attached hydrogens (tertiary/aromatic N) is 2. The third-order valence-corrected chi connectivity index (χ3v) is 2.42. The van der Waals surface area contributed by atoms with E-state index in [2.05, 4.69) is 20.5 Å². The monoisotopic (exact) mass is 225 g/mol. The van der Waals surface area contributed by atoms with Crippen LogP contribution in [0.5, 0.6) is 0 Å². The molecule has 0 saturated carbocycles. The van der Waals surface area contributed by atoms with Gasteiger partial charge in [-0.05, 0) is 12.3 Å². The van der Waals surface area contributed by atoms with Gasteiger partial charge in [-0.25, -0.2) is 4.98 Å². The molecule has 1 aromatic heterocycles. The molecular formula is C10H19N5O. The highest BCUT2D eigenvalue weighted by atomic mass is 16.2. The van der Waals surface area contributed by atoms with Gasteiger partial charge in [0.1, 0.15) is 12.2 Å². The summed E-state index contributed by atoms with van der Waals surface area (Å²) in [4.78, 5) is 15.8. The second-order valence-corrected chi connectivity index (χ2v) is 4.94. The van der Waals surface area contributed by atoms with Crippen LogP contribution in [-0.2, 0) is 4.79 Å². The van der Waals surface area contributed by atoms with Crippen LogP contribution in [0.1, 0.15) is 39.6 Å². The molecule has 1 amide bonds. The number of nitrogens with two attached hydrogens (primary N) is 1. The Kier molecular flexibility index (Phi) is 3.64. The first-order valence-corrected chi connectivity index (χ1v) is 5.23. The largest absolute Gasteiger partial charge is 0.345 e. The second-order valence-electron chi connectivity index (χ2n) is 4.94. The SMILES string of the molecule is CC(NC(=O)C(N)C(C)(C)C)c1ncn[nH]1. The van der Waals surface area contributed by atoms with Gasteiger partial charge in [-0.3, -0.25) is 9.89 Å². The van der Waals surface area contributed by atoms with Gasteiger partial charge in [0, 0.05) is 0 Å². The Morgan fingerprint density at radius 2 is 2.19 bits per heavy atom. The maximum Gasteiger partial charge on any atom is 0.238 e. The highest BCUT2D eigenvalue weighted by Gasteiger charge is 2.28. The Hall–Kier alpha value is -1.43. The van der Waals surface area contributed by atoms with Crippen molar-refractivity contribution in [1.82, 2.24) is 20.5 Å². The van der Waals surface area contributed by atoms with Gasteiger partial charge in [0.25, 0.3) is 0 Å². The minimum absolute atomic E-state index is 0.184. The molecule has 90 valence electrons. The first-order valence-electron chi connectivity index (χ1n) is 5.23. The zero-order chi connectivity index (χ0) is 12.3. The number of aromatic amines is 1. The molecule has 4 N–H and O–H groups in total. The van der Waals surface area contributed by atoms with Crippen LogP contribution in [-0.4, -0.2) is 27.1 Å². The zero-order valence-corrected chi connectivity index (χ0v) is 10.1. The number of H-pyrrole nitrogens is 1. The lowest BCUT2D eigenvalue weighted by Crippen LogP contribution is -2.49.